The quantitative estimate of drug-likeness (QED) is 0.916. The molecular weight excluding hydrogens is 342 g/mol. The van der Waals surface area contributed by atoms with Crippen LogP contribution in [-0.4, -0.2) is 8.42 Å². The van der Waals surface area contributed by atoms with E-state index in [4.69, 9.17) is 9.88 Å². The highest BCUT2D eigenvalue weighted by atomic mass is 79.9. The van der Waals surface area contributed by atoms with Gasteiger partial charge in [0.25, 0.3) is 0 Å². The number of sulfonamides is 1. The summed E-state index contributed by atoms with van der Waals surface area (Å²) in [6.45, 7) is 2.07. The molecule has 2 aromatic rings. The maximum absolute atomic E-state index is 11.6. The lowest BCUT2D eigenvalue weighted by Gasteiger charge is -2.11. The van der Waals surface area contributed by atoms with Crippen LogP contribution in [0.5, 0.6) is 5.75 Å². The van der Waals surface area contributed by atoms with Gasteiger partial charge < -0.3 is 4.74 Å². The largest absolute Gasteiger partial charge is 0.487 e. The van der Waals surface area contributed by atoms with E-state index in [1.807, 2.05) is 24.3 Å². The minimum Gasteiger partial charge on any atom is -0.487 e. The van der Waals surface area contributed by atoms with Gasteiger partial charge in [-0.25, -0.2) is 13.6 Å². The lowest BCUT2D eigenvalue weighted by molar-refractivity contribution is 0.298. The van der Waals surface area contributed by atoms with Crippen LogP contribution in [0.1, 0.15) is 11.1 Å². The zero-order chi connectivity index (χ0) is 14.8. The van der Waals surface area contributed by atoms with Crippen molar-refractivity contribution in [2.75, 3.05) is 0 Å². The Hall–Kier alpha value is -1.37. The average Bonchev–Trinajstić information content (AvgIpc) is 2.36. The Balaban J connectivity index is 2.26. The van der Waals surface area contributed by atoms with Crippen molar-refractivity contribution in [3.63, 3.8) is 0 Å². The molecule has 4 nitrogen and oxygen atoms in total. The van der Waals surface area contributed by atoms with Gasteiger partial charge in [0.2, 0.25) is 10.0 Å². The lowest BCUT2D eigenvalue weighted by atomic mass is 10.2. The zero-order valence-electron chi connectivity index (χ0n) is 10.8. The number of rotatable bonds is 4. The molecule has 0 fully saturated rings. The Bertz CT molecular complexity index is 729. The smallest absolute Gasteiger partial charge is 0.241 e. The molecule has 0 aromatic heterocycles. The lowest BCUT2D eigenvalue weighted by Crippen LogP contribution is -2.14. The van der Waals surface area contributed by atoms with E-state index >= 15 is 0 Å². The first-order valence-corrected chi connectivity index (χ1v) is 8.21. The first kappa shape index (κ1) is 15.0. The molecule has 2 aromatic carbocycles. The van der Waals surface area contributed by atoms with E-state index in [0.29, 0.717) is 0 Å². The third-order valence-corrected chi connectivity index (χ3v) is 4.11. The number of benzene rings is 2. The molecule has 106 valence electrons. The predicted molar refractivity (Wildman–Crippen MR) is 81.0 cm³/mol. The monoisotopic (exact) mass is 355 g/mol. The van der Waals surface area contributed by atoms with Crippen LogP contribution in [0.15, 0.2) is 51.8 Å². The summed E-state index contributed by atoms with van der Waals surface area (Å²) in [6, 6.07) is 12.5. The molecule has 2 rings (SSSR count). The van der Waals surface area contributed by atoms with Gasteiger partial charge in [0.1, 0.15) is 17.3 Å². The second-order valence-corrected chi connectivity index (χ2v) is 6.86. The van der Waals surface area contributed by atoms with Crippen LogP contribution in [0.25, 0.3) is 0 Å². The summed E-state index contributed by atoms with van der Waals surface area (Å²) in [5, 5.41) is 5.20. The molecule has 0 spiro atoms. The van der Waals surface area contributed by atoms with Gasteiger partial charge in [-0.3, -0.25) is 0 Å². The highest BCUT2D eigenvalue weighted by Gasteiger charge is 2.15. The van der Waals surface area contributed by atoms with E-state index in [2.05, 4.69) is 15.9 Å². The van der Waals surface area contributed by atoms with E-state index in [1.54, 1.807) is 19.1 Å². The second kappa shape index (κ2) is 5.95. The van der Waals surface area contributed by atoms with E-state index < -0.39 is 10.0 Å². The van der Waals surface area contributed by atoms with Crippen molar-refractivity contribution in [2.24, 2.45) is 5.14 Å². The van der Waals surface area contributed by atoms with Crippen LogP contribution >= 0.6 is 15.9 Å². The normalized spacial score (nSPS) is 11.3. The summed E-state index contributed by atoms with van der Waals surface area (Å²) in [4.78, 5) is 0.00694. The first-order valence-electron chi connectivity index (χ1n) is 5.87. The zero-order valence-corrected chi connectivity index (χ0v) is 13.2. The highest BCUT2D eigenvalue weighted by Crippen LogP contribution is 2.25. The Morgan fingerprint density at radius 1 is 1.20 bits per heavy atom. The average molecular weight is 356 g/mol. The molecule has 0 saturated heterocycles. The van der Waals surface area contributed by atoms with E-state index in [-0.39, 0.29) is 17.3 Å². The van der Waals surface area contributed by atoms with Crippen molar-refractivity contribution in [3.8, 4) is 5.75 Å². The molecule has 0 unspecified atom stereocenters. The summed E-state index contributed by atoms with van der Waals surface area (Å²) in [5.41, 5.74) is 1.74. The van der Waals surface area contributed by atoms with Crippen LogP contribution in [0.2, 0.25) is 0 Å². The third-order valence-electron chi connectivity index (χ3n) is 2.69. The van der Waals surface area contributed by atoms with Crippen molar-refractivity contribution in [3.05, 3.63) is 58.1 Å². The number of nitrogens with two attached hydrogens (primary N) is 1. The number of ether oxygens (including phenoxy) is 1. The SMILES string of the molecule is Cc1ccc(OCc2cccc(Br)c2)c(S(N)(=O)=O)c1. The Kier molecular flexibility index (Phi) is 4.47. The van der Waals surface area contributed by atoms with E-state index in [1.165, 1.54) is 6.07 Å². The summed E-state index contributed by atoms with van der Waals surface area (Å²) in [6.07, 6.45) is 0. The van der Waals surface area contributed by atoms with Crippen molar-refractivity contribution in [2.45, 2.75) is 18.4 Å². The van der Waals surface area contributed by atoms with Gasteiger partial charge in [0.15, 0.2) is 0 Å². The molecule has 0 aliphatic heterocycles. The molecule has 0 saturated carbocycles. The number of hydrogen-bond acceptors (Lipinski definition) is 3. The van der Waals surface area contributed by atoms with Crippen molar-refractivity contribution in [1.82, 2.24) is 0 Å². The Morgan fingerprint density at radius 2 is 1.95 bits per heavy atom. The van der Waals surface area contributed by atoms with Crippen molar-refractivity contribution >= 4 is 26.0 Å². The molecule has 0 radical (unpaired) electrons. The van der Waals surface area contributed by atoms with Crippen molar-refractivity contribution < 1.29 is 13.2 Å². The topological polar surface area (TPSA) is 69.4 Å². The number of halogens is 1. The van der Waals surface area contributed by atoms with Gasteiger partial charge in [0, 0.05) is 4.47 Å². The Labute approximate surface area is 126 Å². The van der Waals surface area contributed by atoms with Crippen LogP contribution in [0.4, 0.5) is 0 Å². The fourth-order valence-corrected chi connectivity index (χ4v) is 2.95. The fourth-order valence-electron chi connectivity index (χ4n) is 1.74. The van der Waals surface area contributed by atoms with Crippen LogP contribution in [-0.2, 0) is 16.6 Å². The standard InChI is InChI=1S/C14H14BrNO3S/c1-10-5-6-13(14(7-10)20(16,17)18)19-9-11-3-2-4-12(15)8-11/h2-8H,9H2,1H3,(H2,16,17,18). The highest BCUT2D eigenvalue weighted by molar-refractivity contribution is 9.10. The minimum absolute atomic E-state index is 0.00694. The van der Waals surface area contributed by atoms with Crippen LogP contribution in [0.3, 0.4) is 0 Å². The minimum atomic E-state index is -3.80. The van der Waals surface area contributed by atoms with Gasteiger partial charge in [0.05, 0.1) is 0 Å². The maximum atomic E-state index is 11.6. The molecule has 20 heavy (non-hydrogen) atoms. The second-order valence-electron chi connectivity index (χ2n) is 4.41. The molecule has 6 heteroatoms. The van der Waals surface area contributed by atoms with E-state index in [9.17, 15) is 8.42 Å². The Morgan fingerprint density at radius 3 is 2.60 bits per heavy atom. The van der Waals surface area contributed by atoms with Gasteiger partial charge in [-0.15, -0.1) is 0 Å². The van der Waals surface area contributed by atoms with Crippen molar-refractivity contribution in [1.29, 1.82) is 0 Å². The molecule has 0 amide bonds. The predicted octanol–water partition coefficient (Wildman–Crippen LogP) is 2.98. The maximum Gasteiger partial charge on any atom is 0.241 e. The van der Waals surface area contributed by atoms with Crippen LogP contribution < -0.4 is 9.88 Å². The first-order chi connectivity index (χ1) is 9.36. The van der Waals surface area contributed by atoms with Crippen LogP contribution in [0, 0.1) is 6.92 Å². The molecule has 0 atom stereocenters. The van der Waals surface area contributed by atoms with E-state index in [0.717, 1.165) is 15.6 Å². The van der Waals surface area contributed by atoms with Gasteiger partial charge in [-0.1, -0.05) is 34.1 Å². The summed E-state index contributed by atoms with van der Waals surface area (Å²) >= 11 is 3.37. The molecule has 2 N–H and O–H groups in total. The van der Waals surface area contributed by atoms with Gasteiger partial charge in [-0.2, -0.15) is 0 Å². The summed E-state index contributed by atoms with van der Waals surface area (Å²) < 4.78 is 29.6. The molecular formula is C14H14BrNO3S. The number of primary sulfonamides is 1. The molecule has 0 bridgehead atoms. The molecule has 0 heterocycles. The van der Waals surface area contributed by atoms with Gasteiger partial charge >= 0.3 is 0 Å². The fraction of sp³-hybridized carbons (Fsp3) is 0.143. The summed E-state index contributed by atoms with van der Waals surface area (Å²) in [7, 11) is -3.80. The summed E-state index contributed by atoms with van der Waals surface area (Å²) in [5.74, 6) is 0.262. The van der Waals surface area contributed by atoms with Gasteiger partial charge in [-0.05, 0) is 42.3 Å². The third kappa shape index (κ3) is 3.82. The number of hydrogen-bond donors (Lipinski definition) is 1. The molecule has 0 aliphatic carbocycles. The molecule has 0 aliphatic rings. The number of aryl methyl sites for hydroxylation is 1.